The maximum Gasteiger partial charge on any atom is 0.297 e. The lowest BCUT2D eigenvalue weighted by Gasteiger charge is -2.08. The van der Waals surface area contributed by atoms with Gasteiger partial charge >= 0.3 is 0 Å². The van der Waals surface area contributed by atoms with Crippen LogP contribution in [0, 0.1) is 5.82 Å². The van der Waals surface area contributed by atoms with E-state index < -0.39 is 11.7 Å². The van der Waals surface area contributed by atoms with Crippen molar-refractivity contribution in [2.75, 3.05) is 5.32 Å². The van der Waals surface area contributed by atoms with Crippen molar-refractivity contribution in [1.29, 1.82) is 0 Å². The summed E-state index contributed by atoms with van der Waals surface area (Å²) in [5.74, 6) is -1.60. The molecular formula is C19H14ClFN4O3. The molecule has 1 aliphatic rings. The monoisotopic (exact) mass is 400 g/mol. The summed E-state index contributed by atoms with van der Waals surface area (Å²) in [6.45, 7) is 0. The molecule has 0 aliphatic heterocycles. The van der Waals surface area contributed by atoms with Gasteiger partial charge in [-0.25, -0.2) is 4.39 Å². The molecule has 28 heavy (non-hydrogen) atoms. The Morgan fingerprint density at radius 3 is 2.71 bits per heavy atom. The number of rotatable bonds is 5. The highest BCUT2D eigenvalue weighted by molar-refractivity contribution is 6.34. The average Bonchev–Trinajstić information content (AvgIpc) is 3.34. The van der Waals surface area contributed by atoms with Gasteiger partial charge in [0.2, 0.25) is 0 Å². The van der Waals surface area contributed by atoms with Crippen LogP contribution in [0.2, 0.25) is 5.02 Å². The molecule has 0 saturated heterocycles. The van der Waals surface area contributed by atoms with Crippen LogP contribution in [0.4, 0.5) is 10.1 Å². The fraction of sp³-hybridized carbons (Fsp3) is 0.158. The molecule has 2 amide bonds. The summed E-state index contributed by atoms with van der Waals surface area (Å²) in [7, 11) is 0. The molecule has 2 aromatic carbocycles. The Balaban J connectivity index is 1.50. The van der Waals surface area contributed by atoms with Crippen LogP contribution in [0.15, 0.2) is 47.0 Å². The molecule has 4 rings (SSSR count). The molecule has 0 unspecified atom stereocenters. The van der Waals surface area contributed by atoms with E-state index in [2.05, 4.69) is 20.8 Å². The molecule has 1 aliphatic carbocycles. The third-order valence-corrected chi connectivity index (χ3v) is 4.41. The molecule has 1 saturated carbocycles. The second-order valence-electron chi connectivity index (χ2n) is 6.33. The van der Waals surface area contributed by atoms with Gasteiger partial charge in [-0.2, -0.15) is 4.98 Å². The second-order valence-corrected chi connectivity index (χ2v) is 6.74. The van der Waals surface area contributed by atoms with Crippen molar-refractivity contribution >= 4 is 29.1 Å². The average molecular weight is 401 g/mol. The summed E-state index contributed by atoms with van der Waals surface area (Å²) in [5, 5.41) is 9.33. The van der Waals surface area contributed by atoms with Crippen LogP contribution in [-0.2, 0) is 0 Å². The first-order chi connectivity index (χ1) is 13.5. The van der Waals surface area contributed by atoms with Gasteiger partial charge in [0.1, 0.15) is 5.82 Å². The lowest BCUT2D eigenvalue weighted by molar-refractivity contribution is 0.0949. The number of aromatic nitrogens is 2. The summed E-state index contributed by atoms with van der Waals surface area (Å²) in [6.07, 6.45) is 1.90. The van der Waals surface area contributed by atoms with Crippen LogP contribution in [0.5, 0.6) is 0 Å². The van der Waals surface area contributed by atoms with E-state index in [1.54, 1.807) is 12.1 Å². The van der Waals surface area contributed by atoms with E-state index in [0.29, 0.717) is 11.3 Å². The summed E-state index contributed by atoms with van der Waals surface area (Å²) >= 11 is 6.09. The summed E-state index contributed by atoms with van der Waals surface area (Å²) in [5.41, 5.74) is 0.976. The Kier molecular flexibility index (Phi) is 4.79. The number of halogens is 2. The Bertz CT molecular complexity index is 1060. The molecule has 1 heterocycles. The predicted octanol–water partition coefficient (Wildman–Crippen LogP) is 3.67. The molecule has 142 valence electrons. The van der Waals surface area contributed by atoms with Crippen LogP contribution >= 0.6 is 11.6 Å². The van der Waals surface area contributed by atoms with Gasteiger partial charge in [0.25, 0.3) is 23.5 Å². The minimum atomic E-state index is -0.637. The highest BCUT2D eigenvalue weighted by Gasteiger charge is 2.25. The molecule has 0 radical (unpaired) electrons. The van der Waals surface area contributed by atoms with E-state index in [0.717, 1.165) is 12.8 Å². The molecule has 0 spiro atoms. The van der Waals surface area contributed by atoms with Gasteiger partial charge in [-0.15, -0.1) is 0 Å². The number of benzene rings is 2. The van der Waals surface area contributed by atoms with Crippen molar-refractivity contribution in [2.24, 2.45) is 0 Å². The molecule has 2 N–H and O–H groups in total. The van der Waals surface area contributed by atoms with Crippen LogP contribution in [-0.4, -0.2) is 28.0 Å². The van der Waals surface area contributed by atoms with E-state index in [9.17, 15) is 14.0 Å². The highest BCUT2D eigenvalue weighted by Crippen LogP contribution is 2.24. The van der Waals surface area contributed by atoms with Crippen LogP contribution in [0.25, 0.3) is 11.5 Å². The SMILES string of the molecule is O=C(Nc1ccc(Cl)c(C(=O)NC2CC2)c1)c1noc(-c2cccc(F)c2)n1. The normalized spacial score (nSPS) is 13.2. The molecule has 1 aromatic heterocycles. The van der Waals surface area contributed by atoms with E-state index >= 15 is 0 Å². The largest absolute Gasteiger partial charge is 0.349 e. The smallest absolute Gasteiger partial charge is 0.297 e. The summed E-state index contributed by atoms with van der Waals surface area (Å²) in [6, 6.07) is 10.3. The van der Waals surface area contributed by atoms with Gasteiger partial charge in [0, 0.05) is 17.3 Å². The zero-order valence-electron chi connectivity index (χ0n) is 14.4. The molecule has 0 bridgehead atoms. The number of anilines is 1. The summed E-state index contributed by atoms with van der Waals surface area (Å²) < 4.78 is 18.3. The lowest BCUT2D eigenvalue weighted by atomic mass is 10.2. The Morgan fingerprint density at radius 1 is 1.14 bits per heavy atom. The van der Waals surface area contributed by atoms with Gasteiger partial charge in [0.15, 0.2) is 0 Å². The maximum atomic E-state index is 13.3. The molecule has 9 heteroatoms. The van der Waals surface area contributed by atoms with Crippen LogP contribution in [0.1, 0.15) is 33.8 Å². The number of nitrogens with zero attached hydrogens (tertiary/aromatic N) is 2. The highest BCUT2D eigenvalue weighted by atomic mass is 35.5. The molecule has 7 nitrogen and oxygen atoms in total. The second kappa shape index (κ2) is 7.40. The number of hydrogen-bond donors (Lipinski definition) is 2. The zero-order valence-corrected chi connectivity index (χ0v) is 15.2. The quantitative estimate of drug-likeness (QED) is 0.681. The third kappa shape index (κ3) is 4.01. The molecular weight excluding hydrogens is 387 g/mol. The number of amides is 2. The Morgan fingerprint density at radius 2 is 1.96 bits per heavy atom. The predicted molar refractivity (Wildman–Crippen MR) is 99.6 cm³/mol. The van der Waals surface area contributed by atoms with Crippen LogP contribution in [0.3, 0.4) is 0 Å². The van der Waals surface area contributed by atoms with Crippen molar-refractivity contribution in [3.63, 3.8) is 0 Å². The van der Waals surface area contributed by atoms with Gasteiger partial charge in [-0.05, 0) is 49.2 Å². The first-order valence-electron chi connectivity index (χ1n) is 8.51. The van der Waals surface area contributed by atoms with Gasteiger partial charge in [-0.3, -0.25) is 9.59 Å². The van der Waals surface area contributed by atoms with Crippen molar-refractivity contribution in [3.05, 3.63) is 64.7 Å². The fourth-order valence-electron chi connectivity index (χ4n) is 2.51. The van der Waals surface area contributed by atoms with E-state index in [-0.39, 0.29) is 34.3 Å². The lowest BCUT2D eigenvalue weighted by Crippen LogP contribution is -2.25. The van der Waals surface area contributed by atoms with Gasteiger partial charge in [0.05, 0.1) is 10.6 Å². The third-order valence-electron chi connectivity index (χ3n) is 4.08. The van der Waals surface area contributed by atoms with Crippen molar-refractivity contribution < 1.29 is 18.5 Å². The minimum Gasteiger partial charge on any atom is -0.349 e. The number of nitrogens with one attached hydrogen (secondary N) is 2. The standard InChI is InChI=1S/C19H14ClFN4O3/c20-15-7-6-13(9-14(15)17(26)22-12-4-5-12)23-18(27)16-24-19(28-25-16)10-2-1-3-11(21)8-10/h1-3,6-9,12H,4-5H2,(H,22,26)(H,23,27). The van der Waals surface area contributed by atoms with Crippen molar-refractivity contribution in [3.8, 4) is 11.5 Å². The van der Waals surface area contributed by atoms with Crippen LogP contribution < -0.4 is 10.6 Å². The Labute approximate surface area is 163 Å². The zero-order chi connectivity index (χ0) is 19.7. The fourth-order valence-corrected chi connectivity index (χ4v) is 2.71. The van der Waals surface area contributed by atoms with E-state index in [4.69, 9.17) is 16.1 Å². The Hall–Kier alpha value is -3.26. The van der Waals surface area contributed by atoms with E-state index in [1.165, 1.54) is 30.3 Å². The minimum absolute atomic E-state index is 0.0188. The molecule has 0 atom stereocenters. The molecule has 1 fully saturated rings. The summed E-state index contributed by atoms with van der Waals surface area (Å²) in [4.78, 5) is 28.6. The topological polar surface area (TPSA) is 97.1 Å². The molecule has 3 aromatic rings. The van der Waals surface area contributed by atoms with Crippen molar-refractivity contribution in [2.45, 2.75) is 18.9 Å². The first-order valence-corrected chi connectivity index (χ1v) is 8.89. The number of carbonyl (C=O) groups is 2. The van der Waals surface area contributed by atoms with Crippen molar-refractivity contribution in [1.82, 2.24) is 15.5 Å². The van der Waals surface area contributed by atoms with Gasteiger partial charge in [-0.1, -0.05) is 22.8 Å². The van der Waals surface area contributed by atoms with Gasteiger partial charge < -0.3 is 15.2 Å². The maximum absolute atomic E-state index is 13.3. The number of carbonyl (C=O) groups excluding carboxylic acids is 2. The van der Waals surface area contributed by atoms with E-state index in [1.807, 2.05) is 0 Å². The number of hydrogen-bond acceptors (Lipinski definition) is 5. The first kappa shape index (κ1) is 18.1.